The fourth-order valence-electron chi connectivity index (χ4n) is 4.76. The summed E-state index contributed by atoms with van der Waals surface area (Å²) in [5.74, 6) is 0.482. The Morgan fingerprint density at radius 2 is 1.88 bits per heavy atom. The van der Waals surface area contributed by atoms with E-state index in [-0.39, 0.29) is 18.9 Å². The van der Waals surface area contributed by atoms with Gasteiger partial charge in [0.25, 0.3) is 0 Å². The molecule has 0 bridgehead atoms. The number of amidine groups is 1. The lowest BCUT2D eigenvalue weighted by Crippen LogP contribution is -2.38. The standard InChI is InChI=1S/C31H30N4O5S/c1-4-40-30(37)27-28(21-10-6-5-7-11-21)34-31-35(29(27)24-13-12-23(38-2)16-25(24)39-3)22(19-41-31)15-26(36)33-18-20-9-8-14-32-17-20/h5-14,16-17,19,29H,4,15,18H2,1-3H3,(H,33,36)/t29-/m1/s1. The van der Waals surface area contributed by atoms with Gasteiger partial charge in [0, 0.05) is 41.8 Å². The average Bonchev–Trinajstić information content (AvgIpc) is 3.41. The van der Waals surface area contributed by atoms with Crippen molar-refractivity contribution in [3.8, 4) is 11.5 Å². The van der Waals surface area contributed by atoms with Crippen molar-refractivity contribution >= 4 is 34.5 Å². The summed E-state index contributed by atoms with van der Waals surface area (Å²) < 4.78 is 16.8. The highest BCUT2D eigenvalue weighted by molar-refractivity contribution is 8.16. The SMILES string of the molecule is CCOC(=O)C1=C(c2ccccc2)N=C2SC=C(CC(=O)NCc3cccnc3)N2[C@@H]1c1ccc(OC)cc1OC. The van der Waals surface area contributed by atoms with E-state index in [0.29, 0.717) is 45.7 Å². The first-order chi connectivity index (χ1) is 20.0. The first-order valence-electron chi connectivity index (χ1n) is 13.1. The summed E-state index contributed by atoms with van der Waals surface area (Å²) >= 11 is 1.41. The van der Waals surface area contributed by atoms with Gasteiger partial charge in [0.15, 0.2) is 5.17 Å². The molecule has 2 aliphatic rings. The highest BCUT2D eigenvalue weighted by Gasteiger charge is 2.43. The van der Waals surface area contributed by atoms with Gasteiger partial charge in [-0.1, -0.05) is 48.2 Å². The number of aliphatic imine (C=N–C) groups is 1. The van der Waals surface area contributed by atoms with Crippen LogP contribution in [0.1, 0.15) is 36.1 Å². The van der Waals surface area contributed by atoms with Crippen LogP contribution in [0, 0.1) is 0 Å². The third-order valence-electron chi connectivity index (χ3n) is 6.64. The summed E-state index contributed by atoms with van der Waals surface area (Å²) in [6.07, 6.45) is 3.49. The molecule has 210 valence electrons. The van der Waals surface area contributed by atoms with Crippen LogP contribution in [-0.4, -0.2) is 47.8 Å². The van der Waals surface area contributed by atoms with Gasteiger partial charge in [-0.2, -0.15) is 0 Å². The molecule has 0 saturated heterocycles. The van der Waals surface area contributed by atoms with E-state index < -0.39 is 12.0 Å². The van der Waals surface area contributed by atoms with Gasteiger partial charge in [-0.15, -0.1) is 0 Å². The zero-order chi connectivity index (χ0) is 28.8. The Labute approximate surface area is 242 Å². The van der Waals surface area contributed by atoms with Gasteiger partial charge in [-0.25, -0.2) is 9.79 Å². The minimum Gasteiger partial charge on any atom is -0.497 e. The molecule has 1 N–H and O–H groups in total. The van der Waals surface area contributed by atoms with Crippen molar-refractivity contribution in [2.45, 2.75) is 25.9 Å². The number of fused-ring (bicyclic) bond motifs is 1. The third kappa shape index (κ3) is 5.97. The maximum atomic E-state index is 13.7. The minimum absolute atomic E-state index is 0.0814. The van der Waals surface area contributed by atoms with Gasteiger partial charge in [0.05, 0.1) is 44.6 Å². The molecule has 2 aromatic carbocycles. The van der Waals surface area contributed by atoms with Crippen LogP contribution in [0.4, 0.5) is 0 Å². The highest BCUT2D eigenvalue weighted by atomic mass is 32.2. The van der Waals surface area contributed by atoms with Crippen molar-refractivity contribution < 1.29 is 23.8 Å². The summed E-state index contributed by atoms with van der Waals surface area (Å²) in [5, 5.41) is 5.52. The molecule has 3 heterocycles. The molecular formula is C31H30N4O5S. The van der Waals surface area contributed by atoms with Crippen LogP contribution < -0.4 is 14.8 Å². The maximum Gasteiger partial charge on any atom is 0.338 e. The lowest BCUT2D eigenvalue weighted by Gasteiger charge is -2.37. The van der Waals surface area contributed by atoms with Crippen LogP contribution in [-0.2, 0) is 20.9 Å². The zero-order valence-electron chi connectivity index (χ0n) is 23.0. The summed E-state index contributed by atoms with van der Waals surface area (Å²) in [7, 11) is 3.16. The monoisotopic (exact) mass is 570 g/mol. The molecule has 0 fully saturated rings. The van der Waals surface area contributed by atoms with Crippen LogP contribution in [0.5, 0.6) is 11.5 Å². The summed E-state index contributed by atoms with van der Waals surface area (Å²) in [6.45, 7) is 2.32. The molecule has 0 spiro atoms. The molecule has 10 heteroatoms. The number of rotatable bonds is 10. The number of pyridine rings is 1. The smallest absolute Gasteiger partial charge is 0.338 e. The quantitative estimate of drug-likeness (QED) is 0.337. The largest absolute Gasteiger partial charge is 0.497 e. The molecule has 2 aliphatic heterocycles. The number of amides is 1. The number of ether oxygens (including phenoxy) is 3. The molecule has 1 amide bonds. The molecule has 9 nitrogen and oxygen atoms in total. The predicted octanol–water partition coefficient (Wildman–Crippen LogP) is 5.08. The number of esters is 1. The van der Waals surface area contributed by atoms with Crippen molar-refractivity contribution in [3.05, 3.63) is 106 Å². The minimum atomic E-state index is -0.676. The van der Waals surface area contributed by atoms with Crippen molar-refractivity contribution in [1.82, 2.24) is 15.2 Å². The Morgan fingerprint density at radius 3 is 2.59 bits per heavy atom. The van der Waals surface area contributed by atoms with Crippen molar-refractivity contribution in [2.75, 3.05) is 20.8 Å². The van der Waals surface area contributed by atoms with Crippen molar-refractivity contribution in [2.24, 2.45) is 4.99 Å². The Bertz CT molecular complexity index is 1520. The molecule has 1 atom stereocenters. The number of methoxy groups -OCH3 is 2. The Hall–Kier alpha value is -4.57. The lowest BCUT2D eigenvalue weighted by atomic mass is 9.90. The molecule has 0 unspecified atom stereocenters. The molecule has 0 radical (unpaired) electrons. The van der Waals surface area contributed by atoms with E-state index in [4.69, 9.17) is 19.2 Å². The molecule has 41 heavy (non-hydrogen) atoms. The van der Waals surface area contributed by atoms with Crippen LogP contribution in [0.25, 0.3) is 5.70 Å². The summed E-state index contributed by atoms with van der Waals surface area (Å²) in [6, 6.07) is 18.1. The number of nitrogens with one attached hydrogen (secondary N) is 1. The molecule has 1 aromatic heterocycles. The highest BCUT2D eigenvalue weighted by Crippen LogP contribution is 2.49. The first-order valence-corrected chi connectivity index (χ1v) is 14.0. The van der Waals surface area contributed by atoms with Crippen molar-refractivity contribution in [3.63, 3.8) is 0 Å². The number of nitrogens with zero attached hydrogens (tertiary/aromatic N) is 3. The Kier molecular flexibility index (Phi) is 8.69. The number of benzene rings is 2. The number of hydrogen-bond donors (Lipinski definition) is 1. The first kappa shape index (κ1) is 28.0. The Balaban J connectivity index is 1.58. The molecule has 0 aliphatic carbocycles. The second kappa shape index (κ2) is 12.7. The normalized spacial score (nSPS) is 16.0. The number of aromatic nitrogens is 1. The lowest BCUT2D eigenvalue weighted by molar-refractivity contribution is -0.139. The second-order valence-corrected chi connectivity index (χ2v) is 10.0. The van der Waals surface area contributed by atoms with Gasteiger partial charge in [0.2, 0.25) is 5.91 Å². The zero-order valence-corrected chi connectivity index (χ0v) is 23.8. The predicted molar refractivity (Wildman–Crippen MR) is 158 cm³/mol. The number of hydrogen-bond acceptors (Lipinski definition) is 9. The van der Waals surface area contributed by atoms with Gasteiger partial charge in [0.1, 0.15) is 11.5 Å². The Morgan fingerprint density at radius 1 is 1.05 bits per heavy atom. The number of carbonyl (C=O) groups excluding carboxylic acids is 2. The second-order valence-electron chi connectivity index (χ2n) is 9.17. The fourth-order valence-corrected chi connectivity index (χ4v) is 5.68. The number of carbonyl (C=O) groups is 2. The van der Waals surface area contributed by atoms with Crippen LogP contribution in [0.2, 0.25) is 0 Å². The van der Waals surface area contributed by atoms with Crippen LogP contribution in [0.3, 0.4) is 0 Å². The molecule has 3 aromatic rings. The van der Waals surface area contributed by atoms with E-state index >= 15 is 0 Å². The van der Waals surface area contributed by atoms with Crippen molar-refractivity contribution in [1.29, 1.82) is 0 Å². The topological polar surface area (TPSA) is 102 Å². The van der Waals surface area contributed by atoms with Gasteiger partial charge >= 0.3 is 5.97 Å². The molecule has 0 saturated carbocycles. The van der Waals surface area contributed by atoms with Gasteiger partial charge in [-0.3, -0.25) is 9.78 Å². The third-order valence-corrected chi connectivity index (χ3v) is 7.53. The fraction of sp³-hybridized carbons (Fsp3) is 0.226. The van der Waals surface area contributed by atoms with E-state index in [1.807, 2.05) is 64.9 Å². The summed E-state index contributed by atoms with van der Waals surface area (Å²) in [4.78, 5) is 37.8. The van der Waals surface area contributed by atoms with Gasteiger partial charge < -0.3 is 24.4 Å². The van der Waals surface area contributed by atoms with E-state index in [1.54, 1.807) is 39.6 Å². The van der Waals surface area contributed by atoms with E-state index in [9.17, 15) is 9.59 Å². The molecule has 5 rings (SSSR count). The van der Waals surface area contributed by atoms with Crippen LogP contribution >= 0.6 is 11.8 Å². The summed E-state index contributed by atoms with van der Waals surface area (Å²) in [5.41, 5.74) is 3.96. The maximum absolute atomic E-state index is 13.7. The average molecular weight is 571 g/mol. The van der Waals surface area contributed by atoms with Crippen LogP contribution in [0.15, 0.2) is 94.7 Å². The van der Waals surface area contributed by atoms with E-state index in [0.717, 1.165) is 11.1 Å². The van der Waals surface area contributed by atoms with E-state index in [1.165, 1.54) is 11.8 Å². The number of thioether (sulfide) groups is 1. The molecular weight excluding hydrogens is 540 g/mol. The van der Waals surface area contributed by atoms with Gasteiger partial charge in [-0.05, 0) is 36.1 Å². The van der Waals surface area contributed by atoms with E-state index in [2.05, 4.69) is 10.3 Å².